The average Bonchev–Trinajstić information content (AvgIpc) is 2.47. The smallest absolute Gasteiger partial charge is 0.174 e. The quantitative estimate of drug-likeness (QED) is 0.905. The van der Waals surface area contributed by atoms with Gasteiger partial charge in [0.15, 0.2) is 6.61 Å². The molecule has 0 aliphatic rings. The molecule has 3 nitrogen and oxygen atoms in total. The highest BCUT2D eigenvalue weighted by Gasteiger charge is 2.04. The number of anilines is 1. The van der Waals surface area contributed by atoms with Gasteiger partial charge in [0.25, 0.3) is 0 Å². The number of rotatable bonds is 5. The van der Waals surface area contributed by atoms with Crippen LogP contribution in [0.5, 0.6) is 5.75 Å². The molecule has 0 aliphatic heterocycles. The van der Waals surface area contributed by atoms with Crippen LogP contribution in [0.2, 0.25) is 5.02 Å². The van der Waals surface area contributed by atoms with Crippen LogP contribution in [0, 0.1) is 17.1 Å². The highest BCUT2D eigenvalue weighted by atomic mass is 35.5. The molecule has 5 heteroatoms. The second-order valence-corrected chi connectivity index (χ2v) is 4.44. The Morgan fingerprint density at radius 1 is 1.25 bits per heavy atom. The number of ether oxygens (including phenoxy) is 1. The molecule has 0 radical (unpaired) electrons. The lowest BCUT2D eigenvalue weighted by atomic mass is 10.2. The Balaban J connectivity index is 2.06. The molecule has 2 aromatic carbocycles. The van der Waals surface area contributed by atoms with Gasteiger partial charge in [0.2, 0.25) is 0 Å². The minimum absolute atomic E-state index is 0.00735. The van der Waals surface area contributed by atoms with Gasteiger partial charge in [-0.25, -0.2) is 4.39 Å². The average molecular weight is 291 g/mol. The lowest BCUT2D eigenvalue weighted by Crippen LogP contribution is -2.03. The fourth-order valence-electron chi connectivity index (χ4n) is 1.70. The molecule has 0 amide bonds. The zero-order valence-corrected chi connectivity index (χ0v) is 11.3. The maximum Gasteiger partial charge on any atom is 0.174 e. The molecule has 0 unspecified atom stereocenters. The largest absolute Gasteiger partial charge is 0.478 e. The van der Waals surface area contributed by atoms with Crippen molar-refractivity contribution in [2.24, 2.45) is 0 Å². The van der Waals surface area contributed by atoms with Gasteiger partial charge < -0.3 is 10.1 Å². The van der Waals surface area contributed by atoms with Crippen LogP contribution in [-0.2, 0) is 6.54 Å². The molecule has 0 spiro atoms. The van der Waals surface area contributed by atoms with E-state index in [4.69, 9.17) is 21.6 Å². The number of hydrogen-bond donors (Lipinski definition) is 1. The Hall–Kier alpha value is -2.25. The Bertz CT molecular complexity index is 640. The molecule has 0 bridgehead atoms. The van der Waals surface area contributed by atoms with Gasteiger partial charge in [0.05, 0.1) is 5.02 Å². The summed E-state index contributed by atoms with van der Waals surface area (Å²) in [6, 6.07) is 13.8. The standard InChI is InChI=1S/C15H12ClFN2O/c16-13-6-5-12(9-14(13)17)19-10-11-3-1-2-4-15(11)20-8-7-18/h1-6,9,19H,8,10H2. The Labute approximate surface area is 121 Å². The molecule has 0 aromatic heterocycles. The zero-order chi connectivity index (χ0) is 14.4. The monoisotopic (exact) mass is 290 g/mol. The second-order valence-electron chi connectivity index (χ2n) is 4.04. The predicted octanol–water partition coefficient (Wildman–Crippen LogP) is 3.99. The first-order chi connectivity index (χ1) is 9.70. The topological polar surface area (TPSA) is 45.0 Å². The van der Waals surface area contributed by atoms with Crippen LogP contribution in [0.15, 0.2) is 42.5 Å². The number of nitriles is 1. The van der Waals surface area contributed by atoms with Crippen molar-refractivity contribution in [2.45, 2.75) is 6.54 Å². The minimum Gasteiger partial charge on any atom is -0.478 e. The summed E-state index contributed by atoms with van der Waals surface area (Å²) in [4.78, 5) is 0. The van der Waals surface area contributed by atoms with Gasteiger partial charge in [0.1, 0.15) is 17.6 Å². The van der Waals surface area contributed by atoms with Crippen molar-refractivity contribution in [3.05, 3.63) is 58.9 Å². The molecular weight excluding hydrogens is 279 g/mol. The summed E-state index contributed by atoms with van der Waals surface area (Å²) in [5.74, 6) is 0.168. The summed E-state index contributed by atoms with van der Waals surface area (Å²) < 4.78 is 18.6. The highest BCUT2D eigenvalue weighted by molar-refractivity contribution is 6.30. The van der Waals surface area contributed by atoms with Crippen molar-refractivity contribution in [3.63, 3.8) is 0 Å². The van der Waals surface area contributed by atoms with Crippen molar-refractivity contribution in [1.29, 1.82) is 5.26 Å². The molecule has 2 aromatic rings. The normalized spacial score (nSPS) is 9.85. The Morgan fingerprint density at radius 2 is 2.05 bits per heavy atom. The third kappa shape index (κ3) is 3.62. The van der Waals surface area contributed by atoms with E-state index in [1.54, 1.807) is 12.1 Å². The summed E-state index contributed by atoms with van der Waals surface area (Å²) >= 11 is 5.63. The van der Waals surface area contributed by atoms with Gasteiger partial charge in [-0.05, 0) is 24.3 Å². The van der Waals surface area contributed by atoms with Crippen molar-refractivity contribution in [3.8, 4) is 11.8 Å². The van der Waals surface area contributed by atoms with Crippen molar-refractivity contribution in [2.75, 3.05) is 11.9 Å². The van der Waals surface area contributed by atoms with Crippen LogP contribution in [0.4, 0.5) is 10.1 Å². The number of nitrogens with zero attached hydrogens (tertiary/aromatic N) is 1. The first-order valence-electron chi connectivity index (χ1n) is 5.97. The van der Waals surface area contributed by atoms with E-state index < -0.39 is 5.82 Å². The molecule has 0 heterocycles. The maximum atomic E-state index is 13.3. The van der Waals surface area contributed by atoms with Gasteiger partial charge in [-0.1, -0.05) is 29.8 Å². The lowest BCUT2D eigenvalue weighted by Gasteiger charge is -2.11. The van der Waals surface area contributed by atoms with E-state index in [1.165, 1.54) is 12.1 Å². The third-order valence-electron chi connectivity index (χ3n) is 2.67. The van der Waals surface area contributed by atoms with Crippen LogP contribution in [0.1, 0.15) is 5.56 Å². The van der Waals surface area contributed by atoms with E-state index in [2.05, 4.69) is 5.32 Å². The Morgan fingerprint density at radius 3 is 2.80 bits per heavy atom. The molecular formula is C15H12ClFN2O. The lowest BCUT2D eigenvalue weighted by molar-refractivity contribution is 0.364. The van der Waals surface area contributed by atoms with Crippen LogP contribution in [-0.4, -0.2) is 6.61 Å². The number of benzene rings is 2. The summed E-state index contributed by atoms with van der Waals surface area (Å²) in [6.07, 6.45) is 0. The fourth-order valence-corrected chi connectivity index (χ4v) is 1.82. The first-order valence-corrected chi connectivity index (χ1v) is 6.35. The van der Waals surface area contributed by atoms with Crippen LogP contribution in [0.3, 0.4) is 0 Å². The van der Waals surface area contributed by atoms with E-state index in [9.17, 15) is 4.39 Å². The number of halogens is 2. The van der Waals surface area contributed by atoms with Crippen LogP contribution in [0.25, 0.3) is 0 Å². The molecule has 0 atom stereocenters. The fraction of sp³-hybridized carbons (Fsp3) is 0.133. The minimum atomic E-state index is -0.467. The first kappa shape index (κ1) is 14.2. The summed E-state index contributed by atoms with van der Waals surface area (Å²) in [5.41, 5.74) is 1.51. The number of hydrogen-bond acceptors (Lipinski definition) is 3. The van der Waals surface area contributed by atoms with Gasteiger partial charge in [-0.2, -0.15) is 5.26 Å². The van der Waals surface area contributed by atoms with Crippen molar-refractivity contribution < 1.29 is 9.13 Å². The number of nitrogens with one attached hydrogen (secondary N) is 1. The van der Waals surface area contributed by atoms with Gasteiger partial charge in [-0.3, -0.25) is 0 Å². The van der Waals surface area contributed by atoms with Crippen molar-refractivity contribution >= 4 is 17.3 Å². The molecule has 2 rings (SSSR count). The van der Waals surface area contributed by atoms with Gasteiger partial charge >= 0.3 is 0 Å². The van der Waals surface area contributed by atoms with E-state index >= 15 is 0 Å². The SMILES string of the molecule is N#CCOc1ccccc1CNc1ccc(Cl)c(F)c1. The Kier molecular flexibility index (Phi) is 4.80. The van der Waals surface area contributed by atoms with Crippen LogP contribution >= 0.6 is 11.6 Å². The van der Waals surface area contributed by atoms with E-state index in [-0.39, 0.29) is 11.6 Å². The molecule has 1 N–H and O–H groups in total. The second kappa shape index (κ2) is 6.78. The van der Waals surface area contributed by atoms with E-state index in [1.807, 2.05) is 24.3 Å². The molecule has 102 valence electrons. The van der Waals surface area contributed by atoms with Crippen molar-refractivity contribution in [1.82, 2.24) is 0 Å². The molecule has 0 saturated heterocycles. The van der Waals surface area contributed by atoms with Crippen LogP contribution < -0.4 is 10.1 Å². The predicted molar refractivity (Wildman–Crippen MR) is 76.3 cm³/mol. The molecule has 0 saturated carbocycles. The molecule has 20 heavy (non-hydrogen) atoms. The number of para-hydroxylation sites is 1. The van der Waals surface area contributed by atoms with Gasteiger partial charge in [0, 0.05) is 17.8 Å². The van der Waals surface area contributed by atoms with Gasteiger partial charge in [-0.15, -0.1) is 0 Å². The summed E-state index contributed by atoms with van der Waals surface area (Å²) in [5, 5.41) is 11.7. The highest BCUT2D eigenvalue weighted by Crippen LogP contribution is 2.22. The summed E-state index contributed by atoms with van der Waals surface area (Å²) in [6.45, 7) is 0.454. The summed E-state index contributed by atoms with van der Waals surface area (Å²) in [7, 11) is 0. The third-order valence-corrected chi connectivity index (χ3v) is 2.97. The maximum absolute atomic E-state index is 13.3. The zero-order valence-electron chi connectivity index (χ0n) is 10.6. The van der Waals surface area contributed by atoms with E-state index in [0.717, 1.165) is 5.56 Å². The molecule has 0 aliphatic carbocycles. The van der Waals surface area contributed by atoms with E-state index in [0.29, 0.717) is 18.0 Å². The molecule has 0 fully saturated rings.